The maximum absolute atomic E-state index is 14.9. The van der Waals surface area contributed by atoms with Crippen molar-refractivity contribution in [2.24, 2.45) is 5.16 Å². The molecule has 19 heteroatoms. The zero-order valence-electron chi connectivity index (χ0n) is 43.4. The monoisotopic (exact) mass is 1220 g/mol. The van der Waals surface area contributed by atoms with Crippen LogP contribution in [0.25, 0.3) is 0 Å². The Morgan fingerprint density at radius 1 is 0.734 bits per heavy atom. The Kier molecular flexibility index (Phi) is 20.2. The van der Waals surface area contributed by atoms with Crippen LogP contribution in [0.3, 0.4) is 0 Å². The maximum Gasteiger partial charge on any atom is 0.356 e. The van der Waals surface area contributed by atoms with E-state index >= 15 is 0 Å². The Labute approximate surface area is 480 Å². The minimum absolute atomic E-state index is 0.0543. The van der Waals surface area contributed by atoms with E-state index in [-0.39, 0.29) is 37.3 Å². The van der Waals surface area contributed by atoms with Crippen molar-refractivity contribution >= 4 is 74.3 Å². The number of thioether (sulfide) groups is 1. The molecule has 6 aromatic carbocycles. The summed E-state index contributed by atoms with van der Waals surface area (Å²) in [6, 6.07) is 53.3. The predicted molar refractivity (Wildman–Crippen MR) is 311 cm³/mol. The molecule has 2 aliphatic heterocycles. The highest BCUT2D eigenvalue weighted by Crippen LogP contribution is 2.43. The lowest BCUT2D eigenvalue weighted by molar-refractivity contribution is -0.154. The van der Waals surface area contributed by atoms with Crippen LogP contribution >= 0.6 is 45.7 Å². The number of methoxy groups -OCH3 is 2. The van der Waals surface area contributed by atoms with E-state index in [0.717, 1.165) is 33.4 Å². The molecular formula is C60H58IN5O11S2. The molecular weight excluding hydrogens is 1160 g/mol. The van der Waals surface area contributed by atoms with E-state index in [1.807, 2.05) is 115 Å². The molecule has 2 aliphatic rings. The molecule has 0 saturated carbocycles. The van der Waals surface area contributed by atoms with Crippen molar-refractivity contribution in [1.82, 2.24) is 15.2 Å². The number of esters is 1. The van der Waals surface area contributed by atoms with Crippen molar-refractivity contribution in [1.29, 1.82) is 0 Å². The number of benzene rings is 6. The number of thiazole rings is 1. The summed E-state index contributed by atoms with van der Waals surface area (Å²) in [5.41, 5.74) is 5.04. The summed E-state index contributed by atoms with van der Waals surface area (Å²) in [4.78, 5) is 56.3. The van der Waals surface area contributed by atoms with Crippen LogP contribution in [-0.2, 0) is 55.1 Å². The SMILES string of the molecule is COCCOCOc1ccc(CO/N=C(/C(=O)N[C@@H]2C(=O)N3C(C(=O)OC(c4ccccc4)c4ccccc4)=C(CI)CS[C@H]23)c2csc(NC(c3ccccc3)(c3ccccc3)c3ccccc3)n2)cc1OCOCCOC. The number of fused-ring (bicyclic) bond motifs is 1. The summed E-state index contributed by atoms with van der Waals surface area (Å²) >= 11 is 4.94. The molecule has 3 heterocycles. The van der Waals surface area contributed by atoms with E-state index in [9.17, 15) is 14.4 Å². The van der Waals surface area contributed by atoms with Gasteiger partial charge >= 0.3 is 5.97 Å². The Hall–Kier alpha value is -7.11. The number of nitrogens with one attached hydrogen (secondary N) is 2. The normalized spacial score (nSPS) is 15.3. The fourth-order valence-corrected chi connectivity index (χ4v) is 12.1. The van der Waals surface area contributed by atoms with E-state index in [2.05, 4.69) is 74.8 Å². The van der Waals surface area contributed by atoms with E-state index < -0.39 is 40.8 Å². The summed E-state index contributed by atoms with van der Waals surface area (Å²) in [7, 11) is 3.17. The van der Waals surface area contributed by atoms with Crippen molar-refractivity contribution in [2.75, 3.05) is 69.7 Å². The lowest BCUT2D eigenvalue weighted by Crippen LogP contribution is -2.71. The number of nitrogens with zero attached hydrogens (tertiary/aromatic N) is 3. The van der Waals surface area contributed by atoms with Gasteiger partial charge in [-0.15, -0.1) is 23.1 Å². The molecule has 1 aromatic heterocycles. The quantitative estimate of drug-likeness (QED) is 0.00545. The molecule has 0 aliphatic carbocycles. The third-order valence-corrected chi connectivity index (χ3v) is 15.9. The number of hydrogen-bond donors (Lipinski definition) is 2. The molecule has 9 rings (SSSR count). The molecule has 2 N–H and O–H groups in total. The molecule has 1 saturated heterocycles. The molecule has 0 spiro atoms. The second-order valence-corrected chi connectivity index (χ2v) is 20.6. The van der Waals surface area contributed by atoms with Gasteiger partial charge in [0.25, 0.3) is 11.8 Å². The summed E-state index contributed by atoms with van der Waals surface area (Å²) in [6.07, 6.45) is -0.733. The number of carbonyl (C=O) groups is 3. The molecule has 0 radical (unpaired) electrons. The zero-order valence-corrected chi connectivity index (χ0v) is 47.2. The van der Waals surface area contributed by atoms with Gasteiger partial charge < -0.3 is 48.6 Å². The van der Waals surface area contributed by atoms with Crippen LogP contribution in [0.5, 0.6) is 11.5 Å². The van der Waals surface area contributed by atoms with Gasteiger partial charge in [0.05, 0.1) is 26.4 Å². The van der Waals surface area contributed by atoms with Crippen LogP contribution < -0.4 is 20.1 Å². The first kappa shape index (κ1) is 56.6. The standard InChI is InChI=1S/C60H58IN5O11S2/c1-70-30-32-72-39-74-49-29-28-41(34-50(49)75-40-73-33-31-71-2)36-76-65-51(48-38-79-59(62-48)64-60(45-22-12-5-13-23-45,46-24-14-6-15-25-46)47-26-16-7-17-27-47)55(67)63-52-56(68)66-53(44(35-61)37-78-57(52)66)58(69)77-54(42-18-8-3-9-19-42)43-20-10-4-11-21-43/h3-29,34,38,52,54,57H,30-33,35-37,39-40H2,1-2H3,(H,62,64)(H,63,67)/b65-51+/t52-,57-/m1/s1. The number of β-lactam (4-membered cyclic amide) rings is 1. The van der Waals surface area contributed by atoms with Crippen LogP contribution in [0.1, 0.15) is 45.2 Å². The van der Waals surface area contributed by atoms with Crippen LogP contribution in [0.2, 0.25) is 0 Å². The minimum Gasteiger partial charge on any atom is -0.464 e. The molecule has 2 amide bonds. The second-order valence-electron chi connectivity index (χ2n) is 17.9. The van der Waals surface area contributed by atoms with Crippen LogP contribution in [-0.4, -0.2) is 109 Å². The fraction of sp³-hybridized carbons (Fsp3) is 0.250. The van der Waals surface area contributed by atoms with Gasteiger partial charge in [-0.25, -0.2) is 9.78 Å². The van der Waals surface area contributed by atoms with E-state index in [0.29, 0.717) is 58.8 Å². The van der Waals surface area contributed by atoms with Gasteiger partial charge in [0, 0.05) is 29.8 Å². The molecule has 408 valence electrons. The Bertz CT molecular complexity index is 3040. The highest BCUT2D eigenvalue weighted by Gasteiger charge is 2.55. The third-order valence-electron chi connectivity index (χ3n) is 12.8. The van der Waals surface area contributed by atoms with Gasteiger partial charge in [0.1, 0.15) is 35.0 Å². The van der Waals surface area contributed by atoms with Crippen molar-refractivity contribution in [3.63, 3.8) is 0 Å². The Morgan fingerprint density at radius 3 is 1.82 bits per heavy atom. The lowest BCUT2D eigenvalue weighted by atomic mass is 9.77. The summed E-state index contributed by atoms with van der Waals surface area (Å²) in [5, 5.41) is 12.7. The highest BCUT2D eigenvalue weighted by atomic mass is 127. The van der Waals surface area contributed by atoms with Crippen molar-refractivity contribution in [3.05, 3.63) is 226 Å². The van der Waals surface area contributed by atoms with Crippen LogP contribution in [0.4, 0.5) is 5.13 Å². The smallest absolute Gasteiger partial charge is 0.356 e. The number of ether oxygens (including phenoxy) is 7. The number of anilines is 1. The Balaban J connectivity index is 1.01. The average Bonchev–Trinajstić information content (AvgIpc) is 4.06. The fourth-order valence-electron chi connectivity index (χ4n) is 8.98. The van der Waals surface area contributed by atoms with Crippen molar-refractivity contribution in [2.45, 2.75) is 29.7 Å². The number of alkyl halides is 1. The number of halogens is 1. The molecule has 2 atom stereocenters. The first-order valence-electron chi connectivity index (χ1n) is 25.3. The summed E-state index contributed by atoms with van der Waals surface area (Å²) in [5.74, 6) is -0.648. The maximum atomic E-state index is 14.9. The molecule has 0 unspecified atom stereocenters. The lowest BCUT2D eigenvalue weighted by Gasteiger charge is -2.49. The van der Waals surface area contributed by atoms with Crippen molar-refractivity contribution in [3.8, 4) is 11.5 Å². The summed E-state index contributed by atoms with van der Waals surface area (Å²) in [6.45, 7) is 1.17. The largest absolute Gasteiger partial charge is 0.464 e. The van der Waals surface area contributed by atoms with E-state index in [4.69, 9.17) is 43.0 Å². The third kappa shape index (κ3) is 13.7. The first-order valence-corrected chi connectivity index (χ1v) is 28.7. The van der Waals surface area contributed by atoms with Crippen molar-refractivity contribution < 1.29 is 52.4 Å². The van der Waals surface area contributed by atoms with E-state index in [1.165, 1.54) is 28.0 Å². The number of hydrogen-bond acceptors (Lipinski definition) is 16. The topological polar surface area (TPSA) is 178 Å². The molecule has 79 heavy (non-hydrogen) atoms. The van der Waals surface area contributed by atoms with Gasteiger partial charge in [-0.05, 0) is 51.1 Å². The van der Waals surface area contributed by atoms with Gasteiger partial charge in [0.2, 0.25) is 0 Å². The number of amides is 2. The zero-order chi connectivity index (χ0) is 54.8. The number of carbonyl (C=O) groups excluding carboxylic acids is 3. The molecule has 0 bridgehead atoms. The van der Waals surface area contributed by atoms with Crippen LogP contribution in [0, 0.1) is 0 Å². The van der Waals surface area contributed by atoms with E-state index in [1.54, 1.807) is 37.8 Å². The van der Waals surface area contributed by atoms with Crippen LogP contribution in [0.15, 0.2) is 192 Å². The molecule has 7 aromatic rings. The second kappa shape index (κ2) is 28.2. The first-order chi connectivity index (χ1) is 38.8. The number of rotatable bonds is 28. The highest BCUT2D eigenvalue weighted by molar-refractivity contribution is 14.1. The number of oxime groups is 1. The summed E-state index contributed by atoms with van der Waals surface area (Å²) < 4.78 is 39.9. The van der Waals surface area contributed by atoms with Gasteiger partial charge in [-0.3, -0.25) is 14.5 Å². The predicted octanol–water partition coefficient (Wildman–Crippen LogP) is 9.89. The van der Waals surface area contributed by atoms with Gasteiger partial charge in [-0.2, -0.15) is 0 Å². The molecule has 1 fully saturated rings. The minimum atomic E-state index is -1.03. The van der Waals surface area contributed by atoms with Gasteiger partial charge in [-0.1, -0.05) is 185 Å². The average molecular weight is 1220 g/mol. The Morgan fingerprint density at radius 2 is 1.28 bits per heavy atom. The number of aromatic nitrogens is 1. The van der Waals surface area contributed by atoms with Gasteiger partial charge in [0.15, 0.2) is 42.0 Å². The molecule has 16 nitrogen and oxygen atoms in total.